The van der Waals surface area contributed by atoms with E-state index in [4.69, 9.17) is 4.98 Å². The summed E-state index contributed by atoms with van der Waals surface area (Å²) >= 11 is 3.38. The van der Waals surface area contributed by atoms with Gasteiger partial charge in [-0.1, -0.05) is 35.0 Å². The highest BCUT2D eigenvalue weighted by molar-refractivity contribution is 9.10. The van der Waals surface area contributed by atoms with Crippen LogP contribution in [0.2, 0.25) is 0 Å². The van der Waals surface area contributed by atoms with E-state index in [9.17, 15) is 4.79 Å². The number of carbonyl (C=O) groups excluding carboxylic acids is 1. The number of aromatic nitrogens is 2. The second kappa shape index (κ2) is 8.30. The molecule has 0 bridgehead atoms. The first-order chi connectivity index (χ1) is 12.2. The van der Waals surface area contributed by atoms with Gasteiger partial charge in [0.2, 0.25) is 0 Å². The molecule has 1 N–H and O–H groups in total. The van der Waals surface area contributed by atoms with Crippen molar-refractivity contribution in [2.24, 2.45) is 0 Å². The van der Waals surface area contributed by atoms with Gasteiger partial charge < -0.3 is 9.88 Å². The second-order valence-electron chi connectivity index (χ2n) is 6.03. The molecular formula is C20H22BrN3O. The Bertz CT molecular complexity index is 855. The van der Waals surface area contributed by atoms with Crippen LogP contribution >= 0.6 is 15.9 Å². The summed E-state index contributed by atoms with van der Waals surface area (Å²) in [5.74, 6) is 1.07. The molecule has 1 amide bonds. The van der Waals surface area contributed by atoms with Gasteiger partial charge in [-0.05, 0) is 49.2 Å². The summed E-state index contributed by atoms with van der Waals surface area (Å²) in [5, 5.41) is 2.98. The van der Waals surface area contributed by atoms with E-state index in [1.54, 1.807) is 0 Å². The summed E-state index contributed by atoms with van der Waals surface area (Å²) in [4.78, 5) is 16.9. The number of amides is 1. The number of nitrogens with zero attached hydrogens (tertiary/aromatic N) is 2. The minimum Gasteiger partial charge on any atom is -0.352 e. The van der Waals surface area contributed by atoms with E-state index < -0.39 is 0 Å². The number of hydrogen-bond donors (Lipinski definition) is 1. The predicted molar refractivity (Wildman–Crippen MR) is 105 cm³/mol. The number of nitrogens with one attached hydrogen (secondary N) is 1. The number of rotatable bonds is 7. The summed E-state index contributed by atoms with van der Waals surface area (Å²) < 4.78 is 3.27. The van der Waals surface area contributed by atoms with Gasteiger partial charge in [0.15, 0.2) is 0 Å². The lowest BCUT2D eigenvalue weighted by molar-refractivity contribution is 0.0953. The Kier molecular flexibility index (Phi) is 5.87. The Balaban J connectivity index is 1.58. The Morgan fingerprint density at radius 1 is 1.16 bits per heavy atom. The van der Waals surface area contributed by atoms with Gasteiger partial charge in [-0.3, -0.25) is 4.79 Å². The number of para-hydroxylation sites is 2. The zero-order chi connectivity index (χ0) is 17.6. The average Bonchev–Trinajstić information content (AvgIpc) is 2.97. The first kappa shape index (κ1) is 17.7. The molecule has 3 rings (SSSR count). The Morgan fingerprint density at radius 3 is 2.68 bits per heavy atom. The maximum atomic E-state index is 12.1. The number of halogens is 1. The maximum Gasteiger partial charge on any atom is 0.251 e. The van der Waals surface area contributed by atoms with Crippen molar-refractivity contribution in [2.45, 2.75) is 32.7 Å². The third kappa shape index (κ3) is 4.28. The molecule has 0 unspecified atom stereocenters. The molecule has 4 nitrogen and oxygen atoms in total. The van der Waals surface area contributed by atoms with E-state index in [1.807, 2.05) is 30.3 Å². The fourth-order valence-corrected chi connectivity index (χ4v) is 3.21. The highest BCUT2D eigenvalue weighted by Crippen LogP contribution is 2.17. The van der Waals surface area contributed by atoms with Crippen molar-refractivity contribution in [2.75, 3.05) is 6.54 Å². The van der Waals surface area contributed by atoms with Crippen molar-refractivity contribution in [1.29, 1.82) is 0 Å². The molecule has 0 aliphatic rings. The average molecular weight is 400 g/mol. The molecule has 2 aromatic carbocycles. The molecule has 5 heteroatoms. The third-order valence-corrected chi connectivity index (χ3v) is 4.68. The van der Waals surface area contributed by atoms with Crippen LogP contribution in [0.5, 0.6) is 0 Å². The van der Waals surface area contributed by atoms with Gasteiger partial charge >= 0.3 is 0 Å². The molecule has 25 heavy (non-hydrogen) atoms. The molecular weight excluding hydrogens is 378 g/mol. The molecule has 0 saturated carbocycles. The first-order valence-electron chi connectivity index (χ1n) is 8.67. The van der Waals surface area contributed by atoms with Gasteiger partial charge in [0.1, 0.15) is 5.82 Å². The minimum atomic E-state index is -0.0328. The van der Waals surface area contributed by atoms with Gasteiger partial charge in [0.25, 0.3) is 5.91 Å². The van der Waals surface area contributed by atoms with E-state index in [0.717, 1.165) is 41.6 Å². The number of hydrogen-bond acceptors (Lipinski definition) is 2. The lowest BCUT2D eigenvalue weighted by atomic mass is 10.2. The lowest BCUT2D eigenvalue weighted by Crippen LogP contribution is -2.24. The van der Waals surface area contributed by atoms with Crippen LogP contribution in [-0.4, -0.2) is 22.0 Å². The van der Waals surface area contributed by atoms with E-state index in [1.165, 1.54) is 5.52 Å². The smallest absolute Gasteiger partial charge is 0.251 e. The topological polar surface area (TPSA) is 46.9 Å². The van der Waals surface area contributed by atoms with Gasteiger partial charge in [-0.2, -0.15) is 0 Å². The standard InChI is InChI=1S/C20H22BrN3O/c1-2-14-24-18-7-4-3-6-17(18)23-19(24)8-5-13-22-20(25)15-9-11-16(21)12-10-15/h3-4,6-7,9-12H,2,5,8,13-14H2,1H3,(H,22,25). The molecule has 0 radical (unpaired) electrons. The fourth-order valence-electron chi connectivity index (χ4n) is 2.94. The van der Waals surface area contributed by atoms with Crippen molar-refractivity contribution in [3.05, 3.63) is 64.4 Å². The van der Waals surface area contributed by atoms with Crippen LogP contribution in [0.15, 0.2) is 53.0 Å². The van der Waals surface area contributed by atoms with E-state index in [-0.39, 0.29) is 5.91 Å². The summed E-state index contributed by atoms with van der Waals surface area (Å²) in [5.41, 5.74) is 2.92. The van der Waals surface area contributed by atoms with Crippen LogP contribution in [0, 0.1) is 0 Å². The van der Waals surface area contributed by atoms with E-state index in [2.05, 4.69) is 50.9 Å². The normalized spacial score (nSPS) is 11.0. The molecule has 130 valence electrons. The molecule has 3 aromatic rings. The number of imidazole rings is 1. The monoisotopic (exact) mass is 399 g/mol. The van der Waals surface area contributed by atoms with Crippen LogP contribution in [0.4, 0.5) is 0 Å². The molecule has 0 saturated heterocycles. The quantitative estimate of drug-likeness (QED) is 0.591. The van der Waals surface area contributed by atoms with E-state index >= 15 is 0 Å². The van der Waals surface area contributed by atoms with E-state index in [0.29, 0.717) is 12.1 Å². The number of aryl methyl sites for hydroxylation is 2. The van der Waals surface area contributed by atoms with Crippen molar-refractivity contribution in [3.63, 3.8) is 0 Å². The van der Waals surface area contributed by atoms with Crippen LogP contribution in [0.3, 0.4) is 0 Å². The van der Waals surface area contributed by atoms with Gasteiger partial charge in [-0.25, -0.2) is 4.98 Å². The first-order valence-corrected chi connectivity index (χ1v) is 9.46. The SMILES string of the molecule is CCCn1c(CCCNC(=O)c2ccc(Br)cc2)nc2ccccc21. The van der Waals surface area contributed by atoms with Crippen LogP contribution in [0.1, 0.15) is 35.9 Å². The minimum absolute atomic E-state index is 0.0328. The zero-order valence-corrected chi connectivity index (χ0v) is 15.9. The second-order valence-corrected chi connectivity index (χ2v) is 6.95. The zero-order valence-electron chi connectivity index (χ0n) is 14.3. The maximum absolute atomic E-state index is 12.1. The van der Waals surface area contributed by atoms with Crippen molar-refractivity contribution >= 4 is 32.9 Å². The summed E-state index contributed by atoms with van der Waals surface area (Å²) in [6, 6.07) is 15.6. The fraction of sp³-hybridized carbons (Fsp3) is 0.300. The van der Waals surface area contributed by atoms with Crippen molar-refractivity contribution in [1.82, 2.24) is 14.9 Å². The molecule has 1 heterocycles. The highest BCUT2D eigenvalue weighted by Gasteiger charge is 2.10. The number of benzene rings is 2. The Labute approximate surface area is 156 Å². The predicted octanol–water partition coefficient (Wildman–Crippen LogP) is 4.57. The lowest BCUT2D eigenvalue weighted by Gasteiger charge is -2.08. The van der Waals surface area contributed by atoms with Crippen LogP contribution in [-0.2, 0) is 13.0 Å². The Hall–Kier alpha value is -2.14. The molecule has 0 atom stereocenters. The van der Waals surface area contributed by atoms with Gasteiger partial charge in [-0.15, -0.1) is 0 Å². The molecule has 0 aliphatic carbocycles. The molecule has 0 fully saturated rings. The summed E-state index contributed by atoms with van der Waals surface area (Å²) in [6.07, 6.45) is 2.80. The molecule has 0 spiro atoms. The number of carbonyl (C=O) groups is 1. The summed E-state index contributed by atoms with van der Waals surface area (Å²) in [7, 11) is 0. The van der Waals surface area contributed by atoms with Crippen LogP contribution in [0.25, 0.3) is 11.0 Å². The third-order valence-electron chi connectivity index (χ3n) is 4.15. The molecule has 0 aliphatic heterocycles. The highest BCUT2D eigenvalue weighted by atomic mass is 79.9. The van der Waals surface area contributed by atoms with Crippen molar-refractivity contribution in [3.8, 4) is 0 Å². The largest absolute Gasteiger partial charge is 0.352 e. The van der Waals surface area contributed by atoms with Gasteiger partial charge in [0.05, 0.1) is 11.0 Å². The van der Waals surface area contributed by atoms with Crippen LogP contribution < -0.4 is 5.32 Å². The van der Waals surface area contributed by atoms with Crippen molar-refractivity contribution < 1.29 is 4.79 Å². The molecule has 1 aromatic heterocycles. The summed E-state index contributed by atoms with van der Waals surface area (Å²) in [6.45, 7) is 3.79. The Morgan fingerprint density at radius 2 is 1.92 bits per heavy atom. The number of fused-ring (bicyclic) bond motifs is 1. The van der Waals surface area contributed by atoms with Gasteiger partial charge in [0, 0.05) is 29.5 Å².